The van der Waals surface area contributed by atoms with Crippen molar-refractivity contribution in [2.75, 3.05) is 0 Å². The first-order valence-electron chi connectivity index (χ1n) is 5.77. The Balaban J connectivity index is 2.28. The molecule has 1 aromatic heterocycles. The number of nitrogens with zero attached hydrogens (tertiary/aromatic N) is 1. The van der Waals surface area contributed by atoms with Crippen molar-refractivity contribution in [1.82, 2.24) is 4.98 Å². The number of benzene rings is 1. The standard InChI is InChI=1S/C14H9ClF3NO2/c1-8-4-11(3-2-9(8)7-20)21-13-12(15)5-10(6-19-13)14(16,17)18/h2-7H,1H3. The molecule has 1 aromatic carbocycles. The Kier molecular flexibility index (Phi) is 4.18. The molecule has 0 radical (unpaired) electrons. The second-order valence-electron chi connectivity index (χ2n) is 4.25. The molecule has 0 N–H and O–H groups in total. The molecule has 0 saturated carbocycles. The zero-order chi connectivity index (χ0) is 15.6. The summed E-state index contributed by atoms with van der Waals surface area (Å²) in [6.07, 6.45) is -3.17. The SMILES string of the molecule is Cc1cc(Oc2ncc(C(F)(F)F)cc2Cl)ccc1C=O. The topological polar surface area (TPSA) is 39.2 Å². The number of pyridine rings is 1. The van der Waals surface area contributed by atoms with Crippen molar-refractivity contribution in [2.45, 2.75) is 13.1 Å². The number of carbonyl (C=O) groups excluding carboxylic acids is 1. The average Bonchev–Trinajstić information content (AvgIpc) is 2.40. The molecule has 2 aromatic rings. The Morgan fingerprint density at radius 1 is 1.29 bits per heavy atom. The molecule has 0 spiro atoms. The van der Waals surface area contributed by atoms with Crippen molar-refractivity contribution < 1.29 is 22.7 Å². The summed E-state index contributed by atoms with van der Waals surface area (Å²) in [4.78, 5) is 14.3. The Morgan fingerprint density at radius 3 is 2.52 bits per heavy atom. The van der Waals surface area contributed by atoms with Crippen LogP contribution in [0.15, 0.2) is 30.5 Å². The molecule has 0 unspecified atom stereocenters. The maximum atomic E-state index is 12.5. The van der Waals surface area contributed by atoms with Crippen LogP contribution in [0, 0.1) is 6.92 Å². The minimum Gasteiger partial charge on any atom is -0.438 e. The highest BCUT2D eigenvalue weighted by atomic mass is 35.5. The van der Waals surface area contributed by atoms with Crippen LogP contribution < -0.4 is 4.74 Å². The fraction of sp³-hybridized carbons (Fsp3) is 0.143. The summed E-state index contributed by atoms with van der Waals surface area (Å²) >= 11 is 5.74. The zero-order valence-electron chi connectivity index (χ0n) is 10.7. The van der Waals surface area contributed by atoms with Gasteiger partial charge in [0.25, 0.3) is 0 Å². The van der Waals surface area contributed by atoms with Crippen LogP contribution >= 0.6 is 11.6 Å². The van der Waals surface area contributed by atoms with E-state index in [-0.39, 0.29) is 10.9 Å². The lowest BCUT2D eigenvalue weighted by molar-refractivity contribution is -0.137. The molecule has 0 aliphatic carbocycles. The van der Waals surface area contributed by atoms with Gasteiger partial charge in [-0.3, -0.25) is 4.79 Å². The quantitative estimate of drug-likeness (QED) is 0.773. The number of alkyl halides is 3. The van der Waals surface area contributed by atoms with Gasteiger partial charge in [0.2, 0.25) is 5.88 Å². The number of halogens is 4. The van der Waals surface area contributed by atoms with Gasteiger partial charge in [0.05, 0.1) is 5.56 Å². The normalized spacial score (nSPS) is 11.3. The molecule has 0 aliphatic rings. The van der Waals surface area contributed by atoms with Gasteiger partial charge in [-0.25, -0.2) is 4.98 Å². The van der Waals surface area contributed by atoms with Crippen molar-refractivity contribution in [3.05, 3.63) is 52.2 Å². The van der Waals surface area contributed by atoms with E-state index in [2.05, 4.69) is 4.98 Å². The number of aryl methyl sites for hydroxylation is 1. The van der Waals surface area contributed by atoms with Gasteiger partial charge in [0, 0.05) is 11.8 Å². The molecular weight excluding hydrogens is 307 g/mol. The smallest absolute Gasteiger partial charge is 0.417 e. The van der Waals surface area contributed by atoms with Gasteiger partial charge in [0.1, 0.15) is 17.1 Å². The first kappa shape index (κ1) is 15.3. The maximum Gasteiger partial charge on any atom is 0.417 e. The van der Waals surface area contributed by atoms with Crippen LogP contribution in [-0.2, 0) is 6.18 Å². The summed E-state index contributed by atoms with van der Waals surface area (Å²) in [6.45, 7) is 1.71. The molecule has 0 fully saturated rings. The first-order valence-corrected chi connectivity index (χ1v) is 6.15. The summed E-state index contributed by atoms with van der Waals surface area (Å²) in [5.41, 5.74) is 0.215. The third-order valence-corrected chi connectivity index (χ3v) is 2.99. The Morgan fingerprint density at radius 2 is 2.00 bits per heavy atom. The van der Waals surface area contributed by atoms with Gasteiger partial charge >= 0.3 is 6.18 Å². The summed E-state index contributed by atoms with van der Waals surface area (Å²) in [6, 6.07) is 5.36. The van der Waals surface area contributed by atoms with Crippen LogP contribution in [0.3, 0.4) is 0 Å². The third kappa shape index (κ3) is 3.52. The van der Waals surface area contributed by atoms with Crippen LogP contribution in [0.25, 0.3) is 0 Å². The molecule has 21 heavy (non-hydrogen) atoms. The van der Waals surface area contributed by atoms with Gasteiger partial charge in [0.15, 0.2) is 0 Å². The lowest BCUT2D eigenvalue weighted by Gasteiger charge is -2.10. The molecule has 0 bridgehead atoms. The van der Waals surface area contributed by atoms with Crippen LogP contribution in [-0.4, -0.2) is 11.3 Å². The van der Waals surface area contributed by atoms with Gasteiger partial charge in [-0.2, -0.15) is 13.2 Å². The Labute approximate surface area is 123 Å². The number of aromatic nitrogens is 1. The van der Waals surface area contributed by atoms with E-state index in [9.17, 15) is 18.0 Å². The van der Waals surface area contributed by atoms with Crippen molar-refractivity contribution in [3.8, 4) is 11.6 Å². The predicted octanol–water partition coefficient (Wildman–Crippen LogP) is 4.67. The van der Waals surface area contributed by atoms with Crippen molar-refractivity contribution in [3.63, 3.8) is 0 Å². The van der Waals surface area contributed by atoms with E-state index in [1.165, 1.54) is 12.1 Å². The number of ether oxygens (including phenoxy) is 1. The Hall–Kier alpha value is -2.08. The highest BCUT2D eigenvalue weighted by Gasteiger charge is 2.31. The molecule has 110 valence electrons. The van der Waals surface area contributed by atoms with Crippen molar-refractivity contribution >= 4 is 17.9 Å². The third-order valence-electron chi connectivity index (χ3n) is 2.72. The van der Waals surface area contributed by atoms with Crippen molar-refractivity contribution in [1.29, 1.82) is 0 Å². The molecule has 3 nitrogen and oxygen atoms in total. The second-order valence-corrected chi connectivity index (χ2v) is 4.65. The number of hydrogen-bond donors (Lipinski definition) is 0. The summed E-state index contributed by atoms with van der Waals surface area (Å²) in [5, 5.41) is -0.248. The minimum absolute atomic E-state index is 0.136. The van der Waals surface area contributed by atoms with E-state index in [4.69, 9.17) is 16.3 Å². The molecule has 1 heterocycles. The highest BCUT2D eigenvalue weighted by molar-refractivity contribution is 6.31. The van der Waals surface area contributed by atoms with Crippen molar-refractivity contribution in [2.24, 2.45) is 0 Å². The average molecular weight is 316 g/mol. The van der Waals surface area contributed by atoms with Crippen LogP contribution in [0.4, 0.5) is 13.2 Å². The number of hydrogen-bond acceptors (Lipinski definition) is 3. The van der Waals surface area contributed by atoms with E-state index in [1.54, 1.807) is 13.0 Å². The van der Waals surface area contributed by atoms with E-state index in [0.29, 0.717) is 29.4 Å². The first-order chi connectivity index (χ1) is 9.81. The van der Waals surface area contributed by atoms with Crippen LogP contribution in [0.2, 0.25) is 5.02 Å². The fourth-order valence-corrected chi connectivity index (χ4v) is 1.82. The monoisotopic (exact) mass is 315 g/mol. The lowest BCUT2D eigenvalue weighted by Crippen LogP contribution is -2.05. The fourth-order valence-electron chi connectivity index (χ4n) is 1.61. The Bertz CT molecular complexity index is 686. The molecule has 2 rings (SSSR count). The predicted molar refractivity (Wildman–Crippen MR) is 70.9 cm³/mol. The van der Waals surface area contributed by atoms with Gasteiger partial charge < -0.3 is 4.74 Å². The number of rotatable bonds is 3. The van der Waals surface area contributed by atoms with E-state index in [1.807, 2.05) is 0 Å². The maximum absolute atomic E-state index is 12.5. The van der Waals surface area contributed by atoms with Crippen LogP contribution in [0.5, 0.6) is 11.6 Å². The van der Waals surface area contributed by atoms with E-state index >= 15 is 0 Å². The summed E-state index contributed by atoms with van der Waals surface area (Å²) < 4.78 is 42.8. The minimum atomic E-state index is -4.52. The largest absolute Gasteiger partial charge is 0.438 e. The molecule has 0 aliphatic heterocycles. The van der Waals surface area contributed by atoms with Gasteiger partial charge in [-0.15, -0.1) is 0 Å². The van der Waals surface area contributed by atoms with E-state index in [0.717, 1.165) is 6.07 Å². The molecule has 7 heteroatoms. The van der Waals surface area contributed by atoms with E-state index < -0.39 is 11.7 Å². The summed E-state index contributed by atoms with van der Waals surface area (Å²) in [5.74, 6) is 0.190. The second kappa shape index (κ2) is 5.73. The van der Waals surface area contributed by atoms with Gasteiger partial charge in [-0.05, 0) is 36.8 Å². The van der Waals surface area contributed by atoms with Crippen LogP contribution in [0.1, 0.15) is 21.5 Å². The molecule has 0 saturated heterocycles. The molecule has 0 atom stereocenters. The lowest BCUT2D eigenvalue weighted by atomic mass is 10.1. The highest BCUT2D eigenvalue weighted by Crippen LogP contribution is 2.34. The zero-order valence-corrected chi connectivity index (χ0v) is 11.5. The molecular formula is C14H9ClF3NO2. The molecule has 0 amide bonds. The summed E-state index contributed by atoms with van der Waals surface area (Å²) in [7, 11) is 0. The number of carbonyl (C=O) groups is 1. The van der Waals surface area contributed by atoms with Gasteiger partial charge in [-0.1, -0.05) is 11.6 Å². The number of aldehydes is 1.